The molecule has 1 saturated carbocycles. The number of hydrogen-bond donors (Lipinski definition) is 1. The Bertz CT molecular complexity index is 449. The summed E-state index contributed by atoms with van der Waals surface area (Å²) in [7, 11) is 0. The molecule has 1 aliphatic carbocycles. The van der Waals surface area contributed by atoms with Crippen LogP contribution < -0.4 is 5.32 Å². The summed E-state index contributed by atoms with van der Waals surface area (Å²) in [5.41, 5.74) is -0.177. The van der Waals surface area contributed by atoms with E-state index in [1.807, 2.05) is 20.8 Å². The van der Waals surface area contributed by atoms with Crippen LogP contribution in [0.15, 0.2) is 5.16 Å². The van der Waals surface area contributed by atoms with Gasteiger partial charge < -0.3 is 5.32 Å². The summed E-state index contributed by atoms with van der Waals surface area (Å²) < 4.78 is 1.75. The Balaban J connectivity index is 1.85. The topological polar surface area (TPSA) is 72.7 Å². The molecule has 0 bridgehead atoms. The molecule has 1 aromatic heterocycles. The van der Waals surface area contributed by atoms with Crippen LogP contribution >= 0.6 is 11.8 Å². The van der Waals surface area contributed by atoms with Gasteiger partial charge in [-0.15, -0.1) is 5.10 Å². The highest BCUT2D eigenvalue weighted by Crippen LogP contribution is 2.32. The van der Waals surface area contributed by atoms with Crippen molar-refractivity contribution in [3.8, 4) is 0 Å². The van der Waals surface area contributed by atoms with E-state index in [2.05, 4.69) is 27.8 Å². The van der Waals surface area contributed by atoms with Gasteiger partial charge in [-0.25, -0.2) is 4.68 Å². The number of hydrogen-bond acceptors (Lipinski definition) is 5. The summed E-state index contributed by atoms with van der Waals surface area (Å²) in [6.07, 6.45) is 2.47. The molecule has 0 unspecified atom stereocenters. The number of amides is 1. The normalized spacial score (nSPS) is 17.3. The first-order valence-electron chi connectivity index (χ1n) is 6.59. The van der Waals surface area contributed by atoms with Gasteiger partial charge in [-0.1, -0.05) is 11.8 Å². The van der Waals surface area contributed by atoms with Crippen LogP contribution in [0.3, 0.4) is 0 Å². The summed E-state index contributed by atoms with van der Waals surface area (Å²) in [4.78, 5) is 11.8. The quantitative estimate of drug-likeness (QED) is 0.828. The van der Waals surface area contributed by atoms with E-state index in [0.29, 0.717) is 16.8 Å². The van der Waals surface area contributed by atoms with E-state index in [0.717, 1.165) is 0 Å². The van der Waals surface area contributed by atoms with Crippen LogP contribution in [-0.4, -0.2) is 37.9 Å². The molecule has 1 N–H and O–H groups in total. The lowest BCUT2D eigenvalue weighted by Gasteiger charge is -2.19. The maximum Gasteiger partial charge on any atom is 0.230 e. The van der Waals surface area contributed by atoms with Crippen molar-refractivity contribution >= 4 is 17.7 Å². The van der Waals surface area contributed by atoms with Gasteiger partial charge in [0.2, 0.25) is 11.1 Å². The fourth-order valence-corrected chi connectivity index (χ4v) is 2.70. The monoisotopic (exact) mass is 283 g/mol. The molecule has 0 aliphatic heterocycles. The first-order valence-corrected chi connectivity index (χ1v) is 7.57. The lowest BCUT2D eigenvalue weighted by Crippen LogP contribution is -2.35. The van der Waals surface area contributed by atoms with Gasteiger partial charge in [0, 0.05) is 6.04 Å². The van der Waals surface area contributed by atoms with Crippen LogP contribution in [-0.2, 0) is 10.3 Å². The minimum atomic E-state index is -0.177. The summed E-state index contributed by atoms with van der Waals surface area (Å²) in [6.45, 7) is 8.16. The standard InChI is InChI=1S/C12H21N5OS/c1-8(9-5-6-9)13-10(18)7-19-11-14-15-16-17(11)12(2,3)4/h8-9H,5-7H2,1-4H3,(H,13,18)/t8-/m1/s1. The molecule has 106 valence electrons. The van der Waals surface area contributed by atoms with Crippen molar-refractivity contribution in [1.82, 2.24) is 25.5 Å². The fraction of sp³-hybridized carbons (Fsp3) is 0.833. The summed E-state index contributed by atoms with van der Waals surface area (Å²) in [6, 6.07) is 0.284. The second-order valence-electron chi connectivity index (χ2n) is 6.03. The predicted molar refractivity (Wildman–Crippen MR) is 73.9 cm³/mol. The Hall–Kier alpha value is -1.11. The Labute approximate surface area is 117 Å². The number of aromatic nitrogens is 4. The zero-order valence-corrected chi connectivity index (χ0v) is 12.7. The molecule has 1 heterocycles. The molecule has 0 saturated heterocycles. The summed E-state index contributed by atoms with van der Waals surface area (Å²) in [5, 5.41) is 15.3. The molecule has 1 fully saturated rings. The summed E-state index contributed by atoms with van der Waals surface area (Å²) >= 11 is 1.38. The average Bonchev–Trinajstić information content (AvgIpc) is 3.03. The molecule has 0 radical (unpaired) electrons. The van der Waals surface area contributed by atoms with E-state index in [1.165, 1.54) is 24.6 Å². The van der Waals surface area contributed by atoms with Crippen LogP contribution in [0.5, 0.6) is 0 Å². The molecule has 1 aliphatic rings. The Kier molecular flexibility index (Phi) is 4.13. The van der Waals surface area contributed by atoms with E-state index in [4.69, 9.17) is 0 Å². The Morgan fingerprint density at radius 3 is 2.79 bits per heavy atom. The molecule has 0 aromatic carbocycles. The van der Waals surface area contributed by atoms with E-state index in [9.17, 15) is 4.79 Å². The third-order valence-electron chi connectivity index (χ3n) is 3.13. The molecule has 19 heavy (non-hydrogen) atoms. The van der Waals surface area contributed by atoms with Crippen molar-refractivity contribution in [2.24, 2.45) is 5.92 Å². The largest absolute Gasteiger partial charge is 0.353 e. The van der Waals surface area contributed by atoms with Gasteiger partial charge in [0.15, 0.2) is 0 Å². The first-order chi connectivity index (χ1) is 8.88. The number of carbonyl (C=O) groups excluding carboxylic acids is 1. The number of rotatable bonds is 5. The van der Waals surface area contributed by atoms with Crippen LogP contribution in [0, 0.1) is 5.92 Å². The van der Waals surface area contributed by atoms with Crippen molar-refractivity contribution < 1.29 is 4.79 Å². The highest BCUT2D eigenvalue weighted by molar-refractivity contribution is 7.99. The molecule has 1 aromatic rings. The zero-order valence-electron chi connectivity index (χ0n) is 11.9. The number of thioether (sulfide) groups is 1. The van der Waals surface area contributed by atoms with Crippen molar-refractivity contribution in [2.75, 3.05) is 5.75 Å². The van der Waals surface area contributed by atoms with E-state index < -0.39 is 0 Å². The summed E-state index contributed by atoms with van der Waals surface area (Å²) in [5.74, 6) is 1.08. The van der Waals surface area contributed by atoms with Gasteiger partial charge in [0.05, 0.1) is 11.3 Å². The minimum Gasteiger partial charge on any atom is -0.353 e. The molecule has 0 spiro atoms. The van der Waals surface area contributed by atoms with Crippen molar-refractivity contribution in [1.29, 1.82) is 0 Å². The SMILES string of the molecule is C[C@@H](NC(=O)CSc1nnnn1C(C)(C)C)C1CC1. The number of nitrogens with zero attached hydrogens (tertiary/aromatic N) is 4. The maximum atomic E-state index is 11.8. The minimum absolute atomic E-state index is 0.0489. The number of nitrogens with one attached hydrogen (secondary N) is 1. The molecule has 7 heteroatoms. The van der Waals surface area contributed by atoms with Gasteiger partial charge in [0.25, 0.3) is 0 Å². The highest BCUT2D eigenvalue weighted by atomic mass is 32.2. The molecular formula is C12H21N5OS. The Morgan fingerprint density at radius 2 is 2.21 bits per heavy atom. The van der Waals surface area contributed by atoms with Crippen LogP contribution in [0.1, 0.15) is 40.5 Å². The third-order valence-corrected chi connectivity index (χ3v) is 4.05. The van der Waals surface area contributed by atoms with Crippen LogP contribution in [0.25, 0.3) is 0 Å². The fourth-order valence-electron chi connectivity index (χ4n) is 1.83. The molecule has 2 rings (SSSR count). The lowest BCUT2D eigenvalue weighted by molar-refractivity contribution is -0.119. The molecule has 6 nitrogen and oxygen atoms in total. The van der Waals surface area contributed by atoms with Gasteiger partial charge in [-0.2, -0.15) is 0 Å². The van der Waals surface area contributed by atoms with Crippen LogP contribution in [0.2, 0.25) is 0 Å². The van der Waals surface area contributed by atoms with Gasteiger partial charge >= 0.3 is 0 Å². The van der Waals surface area contributed by atoms with E-state index in [1.54, 1.807) is 4.68 Å². The third kappa shape index (κ3) is 3.92. The lowest BCUT2D eigenvalue weighted by atomic mass is 10.1. The smallest absolute Gasteiger partial charge is 0.230 e. The van der Waals surface area contributed by atoms with Gasteiger partial charge in [-0.3, -0.25) is 4.79 Å². The highest BCUT2D eigenvalue weighted by Gasteiger charge is 2.29. The predicted octanol–water partition coefficient (Wildman–Crippen LogP) is 1.43. The van der Waals surface area contributed by atoms with Gasteiger partial charge in [-0.05, 0) is 56.9 Å². The van der Waals surface area contributed by atoms with E-state index in [-0.39, 0.29) is 17.5 Å². The second kappa shape index (κ2) is 5.48. The van der Waals surface area contributed by atoms with Crippen molar-refractivity contribution in [3.63, 3.8) is 0 Å². The van der Waals surface area contributed by atoms with Crippen LogP contribution in [0.4, 0.5) is 0 Å². The van der Waals surface area contributed by atoms with Crippen molar-refractivity contribution in [3.05, 3.63) is 0 Å². The number of carbonyl (C=O) groups is 1. The molecule has 1 amide bonds. The van der Waals surface area contributed by atoms with E-state index >= 15 is 0 Å². The zero-order chi connectivity index (χ0) is 14.0. The maximum absolute atomic E-state index is 11.8. The Morgan fingerprint density at radius 1 is 1.53 bits per heavy atom. The second-order valence-corrected chi connectivity index (χ2v) is 6.97. The average molecular weight is 283 g/mol. The molecular weight excluding hydrogens is 262 g/mol. The first kappa shape index (κ1) is 14.3. The van der Waals surface area contributed by atoms with Crippen molar-refractivity contribution in [2.45, 2.75) is 57.3 Å². The molecule has 1 atom stereocenters. The van der Waals surface area contributed by atoms with Gasteiger partial charge in [0.1, 0.15) is 0 Å². The number of tetrazole rings is 1.